The maximum Gasteiger partial charge on any atom is 0.141 e. The molecule has 0 amide bonds. The van der Waals surface area contributed by atoms with Crippen molar-refractivity contribution in [2.75, 3.05) is 5.32 Å². The number of hydrogen-bond acceptors (Lipinski definition) is 4. The van der Waals surface area contributed by atoms with Crippen molar-refractivity contribution in [3.63, 3.8) is 0 Å². The van der Waals surface area contributed by atoms with E-state index in [0.717, 1.165) is 5.69 Å². The number of nitrogens with one attached hydrogen (secondary N) is 1. The summed E-state index contributed by atoms with van der Waals surface area (Å²) in [5, 5.41) is 18.1. The molecule has 0 saturated heterocycles. The lowest BCUT2D eigenvalue weighted by Gasteiger charge is -2.14. The zero-order chi connectivity index (χ0) is 12.3. The molecule has 17 heavy (non-hydrogen) atoms. The van der Waals surface area contributed by atoms with Crippen molar-refractivity contribution in [1.82, 2.24) is 0 Å². The summed E-state index contributed by atoms with van der Waals surface area (Å²) in [4.78, 5) is 0. The number of nitrogens with zero attached hydrogens (tertiary/aromatic N) is 1. The summed E-state index contributed by atoms with van der Waals surface area (Å²) in [5.41, 5.74) is 6.51. The number of fused-ring (bicyclic) bond motifs is 1. The Morgan fingerprint density at radius 2 is 2.35 bits per heavy atom. The molecule has 4 nitrogen and oxygen atoms in total. The Hall–Kier alpha value is -1.75. The van der Waals surface area contributed by atoms with Gasteiger partial charge in [0.15, 0.2) is 0 Å². The van der Waals surface area contributed by atoms with Gasteiger partial charge in [-0.05, 0) is 42.0 Å². The summed E-state index contributed by atoms with van der Waals surface area (Å²) >= 11 is 1.73. The van der Waals surface area contributed by atoms with Gasteiger partial charge in [0.25, 0.3) is 0 Å². The highest BCUT2D eigenvalue weighted by atomic mass is 32.1. The average molecular weight is 249 g/mol. The third kappa shape index (κ3) is 2.88. The molecule has 1 heterocycles. The monoisotopic (exact) mass is 249 g/mol. The van der Waals surface area contributed by atoms with E-state index >= 15 is 0 Å². The Bertz CT molecular complexity index is 535. The van der Waals surface area contributed by atoms with E-state index in [-0.39, 0.29) is 11.9 Å². The summed E-state index contributed by atoms with van der Waals surface area (Å²) in [6.45, 7) is 2.00. The molecule has 0 aliphatic heterocycles. The van der Waals surface area contributed by atoms with Crippen LogP contribution in [0.15, 0.2) is 34.8 Å². The van der Waals surface area contributed by atoms with Gasteiger partial charge in [-0.15, -0.1) is 11.3 Å². The largest absolute Gasteiger partial charge is 0.409 e. The van der Waals surface area contributed by atoms with Crippen LogP contribution in [0.5, 0.6) is 0 Å². The quantitative estimate of drug-likeness (QED) is 0.338. The third-order valence-electron chi connectivity index (χ3n) is 2.51. The highest BCUT2D eigenvalue weighted by Crippen LogP contribution is 2.24. The highest BCUT2D eigenvalue weighted by Gasteiger charge is 2.05. The maximum atomic E-state index is 8.50. The predicted molar refractivity (Wildman–Crippen MR) is 72.9 cm³/mol. The molecule has 1 aromatic heterocycles. The molecule has 0 spiro atoms. The summed E-state index contributed by atoms with van der Waals surface area (Å²) in [5.74, 6) is 0.238. The van der Waals surface area contributed by atoms with Gasteiger partial charge < -0.3 is 16.3 Å². The topological polar surface area (TPSA) is 70.6 Å². The van der Waals surface area contributed by atoms with Crippen LogP contribution in [0.25, 0.3) is 10.1 Å². The zero-order valence-corrected chi connectivity index (χ0v) is 10.4. The van der Waals surface area contributed by atoms with E-state index in [4.69, 9.17) is 10.9 Å². The average Bonchev–Trinajstić information content (AvgIpc) is 2.75. The predicted octanol–water partition coefficient (Wildman–Crippen LogP) is 2.84. The van der Waals surface area contributed by atoms with Gasteiger partial charge in [-0.25, -0.2) is 0 Å². The van der Waals surface area contributed by atoms with E-state index in [1.54, 1.807) is 11.3 Å². The smallest absolute Gasteiger partial charge is 0.141 e. The number of nitrogens with two attached hydrogens (primary N) is 1. The minimum Gasteiger partial charge on any atom is -0.409 e. The standard InChI is InChI=1S/C12H15N3OS/c1-8(6-12(13)15-16)14-10-2-3-11-9(7-10)4-5-17-11/h2-5,7-8,14,16H,6H2,1H3,(H2,13,15). The van der Waals surface area contributed by atoms with Crippen molar-refractivity contribution in [2.24, 2.45) is 10.9 Å². The lowest BCUT2D eigenvalue weighted by Crippen LogP contribution is -2.24. The van der Waals surface area contributed by atoms with Gasteiger partial charge in [0.1, 0.15) is 5.84 Å². The second kappa shape index (κ2) is 5.05. The molecular weight excluding hydrogens is 234 g/mol. The Labute approximate surface area is 104 Å². The van der Waals surface area contributed by atoms with Crippen LogP contribution in [0.2, 0.25) is 0 Å². The fourth-order valence-corrected chi connectivity index (χ4v) is 2.52. The van der Waals surface area contributed by atoms with Gasteiger partial charge in [-0.2, -0.15) is 0 Å². The molecule has 0 saturated carbocycles. The lowest BCUT2D eigenvalue weighted by atomic mass is 10.2. The van der Waals surface area contributed by atoms with Gasteiger partial charge >= 0.3 is 0 Å². The first kappa shape index (κ1) is 11.7. The molecule has 5 heteroatoms. The summed E-state index contributed by atoms with van der Waals surface area (Å²) < 4.78 is 1.28. The molecule has 0 aliphatic rings. The van der Waals surface area contributed by atoms with Crippen LogP contribution < -0.4 is 11.1 Å². The van der Waals surface area contributed by atoms with E-state index in [2.05, 4.69) is 34.1 Å². The first-order valence-electron chi connectivity index (χ1n) is 5.39. The van der Waals surface area contributed by atoms with Crippen molar-refractivity contribution in [3.8, 4) is 0 Å². The molecule has 2 aromatic rings. The third-order valence-corrected chi connectivity index (χ3v) is 3.41. The number of rotatable bonds is 4. The summed E-state index contributed by atoms with van der Waals surface area (Å²) in [6.07, 6.45) is 0.512. The second-order valence-corrected chi connectivity index (χ2v) is 4.96. The number of anilines is 1. The lowest BCUT2D eigenvalue weighted by molar-refractivity contribution is 0.316. The molecule has 1 unspecified atom stereocenters. The van der Waals surface area contributed by atoms with Crippen LogP contribution in [-0.2, 0) is 0 Å². The molecular formula is C12H15N3OS. The molecule has 0 fully saturated rings. The molecule has 0 bridgehead atoms. The Balaban J connectivity index is 2.07. The van der Waals surface area contributed by atoms with Crippen molar-refractivity contribution in [2.45, 2.75) is 19.4 Å². The number of benzene rings is 1. The number of thiophene rings is 1. The van der Waals surface area contributed by atoms with Crippen molar-refractivity contribution in [3.05, 3.63) is 29.6 Å². The van der Waals surface area contributed by atoms with Crippen molar-refractivity contribution < 1.29 is 5.21 Å². The van der Waals surface area contributed by atoms with Crippen LogP contribution in [0.4, 0.5) is 5.69 Å². The minimum atomic E-state index is 0.127. The second-order valence-electron chi connectivity index (χ2n) is 4.01. The van der Waals surface area contributed by atoms with E-state index in [1.165, 1.54) is 10.1 Å². The molecule has 4 N–H and O–H groups in total. The van der Waals surface area contributed by atoms with E-state index in [1.807, 2.05) is 13.0 Å². The zero-order valence-electron chi connectivity index (χ0n) is 9.55. The van der Waals surface area contributed by atoms with Crippen LogP contribution >= 0.6 is 11.3 Å². The number of hydrogen-bond donors (Lipinski definition) is 3. The highest BCUT2D eigenvalue weighted by molar-refractivity contribution is 7.17. The first-order chi connectivity index (χ1) is 8.19. The fourth-order valence-electron chi connectivity index (χ4n) is 1.75. The first-order valence-corrected chi connectivity index (χ1v) is 6.27. The van der Waals surface area contributed by atoms with Gasteiger partial charge in [0, 0.05) is 22.8 Å². The molecule has 0 aliphatic carbocycles. The van der Waals surface area contributed by atoms with Gasteiger partial charge in [0.2, 0.25) is 0 Å². The van der Waals surface area contributed by atoms with Crippen LogP contribution in [0.1, 0.15) is 13.3 Å². The molecule has 0 radical (unpaired) electrons. The maximum absolute atomic E-state index is 8.50. The molecule has 1 aromatic carbocycles. The van der Waals surface area contributed by atoms with Crippen molar-refractivity contribution in [1.29, 1.82) is 0 Å². The SMILES string of the molecule is CC(CC(N)=NO)Nc1ccc2sccc2c1. The van der Waals surface area contributed by atoms with Crippen LogP contribution in [0.3, 0.4) is 0 Å². The Morgan fingerprint density at radius 3 is 3.12 bits per heavy atom. The van der Waals surface area contributed by atoms with E-state index < -0.39 is 0 Å². The summed E-state index contributed by atoms with van der Waals surface area (Å²) in [6, 6.07) is 8.47. The van der Waals surface area contributed by atoms with E-state index in [9.17, 15) is 0 Å². The number of oxime groups is 1. The molecule has 1 atom stereocenters. The van der Waals surface area contributed by atoms with Crippen LogP contribution in [0, 0.1) is 0 Å². The van der Waals surface area contributed by atoms with Gasteiger partial charge in [0.05, 0.1) is 0 Å². The number of amidine groups is 1. The Morgan fingerprint density at radius 1 is 1.53 bits per heavy atom. The minimum absolute atomic E-state index is 0.127. The van der Waals surface area contributed by atoms with Gasteiger partial charge in [-0.1, -0.05) is 5.16 Å². The van der Waals surface area contributed by atoms with E-state index in [0.29, 0.717) is 6.42 Å². The fraction of sp³-hybridized carbons (Fsp3) is 0.250. The molecule has 90 valence electrons. The van der Waals surface area contributed by atoms with Gasteiger partial charge in [-0.3, -0.25) is 0 Å². The summed E-state index contributed by atoms with van der Waals surface area (Å²) in [7, 11) is 0. The molecule has 2 rings (SSSR count). The Kier molecular flexibility index (Phi) is 3.49. The van der Waals surface area contributed by atoms with Crippen LogP contribution in [-0.4, -0.2) is 17.1 Å². The van der Waals surface area contributed by atoms with Crippen molar-refractivity contribution >= 4 is 32.9 Å². The normalized spacial score (nSPS) is 13.8.